The topological polar surface area (TPSA) is 33.3 Å². The number of hydrogen-bond donors (Lipinski definition) is 2. The van der Waals surface area contributed by atoms with E-state index in [0.29, 0.717) is 6.04 Å². The fourth-order valence-corrected chi connectivity index (χ4v) is 2.04. The Morgan fingerprint density at radius 1 is 1.53 bits per heavy atom. The van der Waals surface area contributed by atoms with Gasteiger partial charge in [0.2, 0.25) is 0 Å². The Morgan fingerprint density at radius 3 is 3.13 bits per heavy atom. The van der Waals surface area contributed by atoms with E-state index in [1.807, 2.05) is 13.1 Å². The number of anilines is 1. The Morgan fingerprint density at radius 2 is 2.40 bits per heavy atom. The molecule has 0 aromatic heterocycles. The van der Waals surface area contributed by atoms with E-state index in [9.17, 15) is 0 Å². The maximum atomic E-state index is 5.22. The summed E-state index contributed by atoms with van der Waals surface area (Å²) in [5.41, 5.74) is 2.63. The van der Waals surface area contributed by atoms with Crippen LogP contribution in [0, 0.1) is 0 Å². The van der Waals surface area contributed by atoms with Crippen molar-refractivity contribution in [1.29, 1.82) is 0 Å². The average Bonchev–Trinajstić information content (AvgIpc) is 2.67. The highest BCUT2D eigenvalue weighted by Gasteiger charge is 2.19. The van der Waals surface area contributed by atoms with Crippen LogP contribution in [0.25, 0.3) is 0 Å². The van der Waals surface area contributed by atoms with Crippen molar-refractivity contribution in [3.63, 3.8) is 0 Å². The lowest BCUT2D eigenvalue weighted by molar-refractivity contribution is 0.414. The average molecular weight is 206 g/mol. The Labute approximate surface area is 90.8 Å². The summed E-state index contributed by atoms with van der Waals surface area (Å²) >= 11 is 0. The van der Waals surface area contributed by atoms with Crippen molar-refractivity contribution in [2.75, 3.05) is 26.0 Å². The predicted molar refractivity (Wildman–Crippen MR) is 62.7 cm³/mol. The van der Waals surface area contributed by atoms with Gasteiger partial charge in [0.15, 0.2) is 0 Å². The summed E-state index contributed by atoms with van der Waals surface area (Å²) in [6, 6.07) is 6.81. The minimum absolute atomic E-state index is 0.569. The highest BCUT2D eigenvalue weighted by atomic mass is 16.5. The van der Waals surface area contributed by atoms with E-state index in [-0.39, 0.29) is 0 Å². The van der Waals surface area contributed by atoms with Crippen LogP contribution in [0.1, 0.15) is 12.0 Å². The van der Waals surface area contributed by atoms with Gasteiger partial charge >= 0.3 is 0 Å². The molecule has 0 fully saturated rings. The molecular formula is C12H18N2O. The molecule has 1 aliphatic heterocycles. The number of hydrogen-bond acceptors (Lipinski definition) is 3. The standard InChI is InChI=1S/C12H18N2O/c1-13-6-5-10-7-9-8-11(15-2)3-4-12(9)14-10/h3-4,8,10,13-14H,5-7H2,1-2H3. The van der Waals surface area contributed by atoms with Crippen molar-refractivity contribution in [3.8, 4) is 5.75 Å². The summed E-state index contributed by atoms with van der Waals surface area (Å²) < 4.78 is 5.22. The molecule has 0 amide bonds. The Balaban J connectivity index is 2.03. The van der Waals surface area contributed by atoms with Gasteiger partial charge in [-0.25, -0.2) is 0 Å². The lowest BCUT2D eigenvalue weighted by Gasteiger charge is -2.09. The van der Waals surface area contributed by atoms with Crippen molar-refractivity contribution in [1.82, 2.24) is 5.32 Å². The van der Waals surface area contributed by atoms with Crippen molar-refractivity contribution >= 4 is 5.69 Å². The molecule has 1 unspecified atom stereocenters. The smallest absolute Gasteiger partial charge is 0.119 e. The molecule has 1 aromatic carbocycles. The second-order valence-corrected chi connectivity index (χ2v) is 3.96. The van der Waals surface area contributed by atoms with Gasteiger partial charge in [0, 0.05) is 11.7 Å². The monoisotopic (exact) mass is 206 g/mol. The second kappa shape index (κ2) is 4.53. The number of nitrogens with one attached hydrogen (secondary N) is 2. The van der Waals surface area contributed by atoms with Crippen LogP contribution >= 0.6 is 0 Å². The number of fused-ring (bicyclic) bond motifs is 1. The molecule has 3 nitrogen and oxygen atoms in total. The third kappa shape index (κ3) is 2.23. The molecular weight excluding hydrogens is 188 g/mol. The minimum Gasteiger partial charge on any atom is -0.497 e. The summed E-state index contributed by atoms with van der Waals surface area (Å²) in [6.07, 6.45) is 2.27. The molecule has 1 aliphatic rings. The first-order valence-corrected chi connectivity index (χ1v) is 5.41. The number of benzene rings is 1. The first-order valence-electron chi connectivity index (χ1n) is 5.41. The number of rotatable bonds is 4. The van der Waals surface area contributed by atoms with E-state index in [1.54, 1.807) is 7.11 Å². The lowest BCUT2D eigenvalue weighted by atomic mass is 10.1. The Hall–Kier alpha value is -1.22. The quantitative estimate of drug-likeness (QED) is 0.785. The first kappa shape index (κ1) is 10.3. The normalized spacial score (nSPS) is 18.4. The van der Waals surface area contributed by atoms with Crippen LogP contribution < -0.4 is 15.4 Å². The molecule has 82 valence electrons. The van der Waals surface area contributed by atoms with Gasteiger partial charge in [-0.15, -0.1) is 0 Å². The second-order valence-electron chi connectivity index (χ2n) is 3.96. The van der Waals surface area contributed by atoms with Crippen LogP contribution in [0.2, 0.25) is 0 Å². The van der Waals surface area contributed by atoms with E-state index in [2.05, 4.69) is 22.8 Å². The summed E-state index contributed by atoms with van der Waals surface area (Å²) in [5.74, 6) is 0.949. The van der Waals surface area contributed by atoms with Crippen LogP contribution in [-0.2, 0) is 6.42 Å². The third-order valence-corrected chi connectivity index (χ3v) is 2.88. The third-order valence-electron chi connectivity index (χ3n) is 2.88. The van der Waals surface area contributed by atoms with E-state index < -0.39 is 0 Å². The van der Waals surface area contributed by atoms with Gasteiger partial charge in [-0.3, -0.25) is 0 Å². The molecule has 1 aromatic rings. The predicted octanol–water partition coefficient (Wildman–Crippen LogP) is 1.64. The molecule has 0 spiro atoms. The largest absolute Gasteiger partial charge is 0.497 e. The Kier molecular flexibility index (Phi) is 3.11. The minimum atomic E-state index is 0.569. The van der Waals surface area contributed by atoms with Crippen LogP contribution in [0.5, 0.6) is 5.75 Å². The van der Waals surface area contributed by atoms with Gasteiger partial charge in [0.1, 0.15) is 5.75 Å². The molecule has 15 heavy (non-hydrogen) atoms. The maximum Gasteiger partial charge on any atom is 0.119 e. The summed E-state index contributed by atoms with van der Waals surface area (Å²) in [7, 11) is 3.70. The van der Waals surface area contributed by atoms with Gasteiger partial charge < -0.3 is 15.4 Å². The fraction of sp³-hybridized carbons (Fsp3) is 0.500. The molecule has 1 atom stereocenters. The van der Waals surface area contributed by atoms with Crippen molar-refractivity contribution < 1.29 is 4.74 Å². The highest BCUT2D eigenvalue weighted by Crippen LogP contribution is 2.30. The van der Waals surface area contributed by atoms with Crippen LogP contribution in [-0.4, -0.2) is 26.7 Å². The molecule has 3 heteroatoms. The SMILES string of the molecule is CNCCC1Cc2cc(OC)ccc2N1. The highest BCUT2D eigenvalue weighted by molar-refractivity contribution is 5.59. The molecule has 2 N–H and O–H groups in total. The van der Waals surface area contributed by atoms with Gasteiger partial charge in [-0.1, -0.05) is 0 Å². The fourth-order valence-electron chi connectivity index (χ4n) is 2.04. The van der Waals surface area contributed by atoms with E-state index in [0.717, 1.165) is 25.1 Å². The lowest BCUT2D eigenvalue weighted by Crippen LogP contribution is -2.21. The zero-order valence-corrected chi connectivity index (χ0v) is 9.34. The zero-order chi connectivity index (χ0) is 10.7. The number of methoxy groups -OCH3 is 1. The van der Waals surface area contributed by atoms with Gasteiger partial charge in [-0.05, 0) is 50.2 Å². The Bertz CT molecular complexity index is 338. The summed E-state index contributed by atoms with van der Waals surface area (Å²) in [5, 5.41) is 6.70. The van der Waals surface area contributed by atoms with E-state index >= 15 is 0 Å². The zero-order valence-electron chi connectivity index (χ0n) is 9.34. The molecule has 0 saturated carbocycles. The summed E-state index contributed by atoms with van der Waals surface area (Å²) in [6.45, 7) is 1.06. The number of ether oxygens (including phenoxy) is 1. The van der Waals surface area contributed by atoms with Gasteiger partial charge in [-0.2, -0.15) is 0 Å². The van der Waals surface area contributed by atoms with Gasteiger partial charge in [0.05, 0.1) is 7.11 Å². The van der Waals surface area contributed by atoms with Crippen molar-refractivity contribution in [2.45, 2.75) is 18.9 Å². The molecule has 2 rings (SSSR count). The van der Waals surface area contributed by atoms with Crippen LogP contribution in [0.4, 0.5) is 5.69 Å². The van der Waals surface area contributed by atoms with Crippen molar-refractivity contribution in [2.24, 2.45) is 0 Å². The van der Waals surface area contributed by atoms with E-state index in [4.69, 9.17) is 4.74 Å². The van der Waals surface area contributed by atoms with Crippen LogP contribution in [0.3, 0.4) is 0 Å². The molecule has 1 heterocycles. The molecule has 0 radical (unpaired) electrons. The summed E-state index contributed by atoms with van der Waals surface area (Å²) in [4.78, 5) is 0. The molecule has 0 saturated heterocycles. The first-order chi connectivity index (χ1) is 7.33. The maximum absolute atomic E-state index is 5.22. The van der Waals surface area contributed by atoms with Crippen LogP contribution in [0.15, 0.2) is 18.2 Å². The van der Waals surface area contributed by atoms with Gasteiger partial charge in [0.25, 0.3) is 0 Å². The molecule has 0 aliphatic carbocycles. The van der Waals surface area contributed by atoms with E-state index in [1.165, 1.54) is 11.3 Å². The van der Waals surface area contributed by atoms with Crippen molar-refractivity contribution in [3.05, 3.63) is 23.8 Å². The molecule has 0 bridgehead atoms.